The van der Waals surface area contributed by atoms with Crippen molar-refractivity contribution in [3.8, 4) is 11.3 Å². The van der Waals surface area contributed by atoms with Gasteiger partial charge in [-0.15, -0.1) is 0 Å². The van der Waals surface area contributed by atoms with E-state index < -0.39 is 11.9 Å². The van der Waals surface area contributed by atoms with Crippen LogP contribution in [-0.4, -0.2) is 31.4 Å². The van der Waals surface area contributed by atoms with E-state index in [0.717, 1.165) is 0 Å². The van der Waals surface area contributed by atoms with Crippen LogP contribution in [0.25, 0.3) is 11.3 Å². The summed E-state index contributed by atoms with van der Waals surface area (Å²) < 4.78 is 15.3. The first-order chi connectivity index (χ1) is 11.1. The van der Waals surface area contributed by atoms with E-state index in [9.17, 15) is 14.4 Å². The van der Waals surface area contributed by atoms with Gasteiger partial charge < -0.3 is 13.9 Å². The van der Waals surface area contributed by atoms with Gasteiger partial charge in [-0.05, 0) is 44.2 Å². The van der Waals surface area contributed by atoms with Gasteiger partial charge in [-0.2, -0.15) is 0 Å². The van der Waals surface area contributed by atoms with Gasteiger partial charge in [-0.25, -0.2) is 9.59 Å². The van der Waals surface area contributed by atoms with Crippen molar-refractivity contribution in [2.45, 2.75) is 13.8 Å². The number of furan rings is 1. The molecule has 6 nitrogen and oxygen atoms in total. The van der Waals surface area contributed by atoms with Crippen molar-refractivity contribution in [3.05, 3.63) is 47.2 Å². The minimum absolute atomic E-state index is 0.152. The molecule has 23 heavy (non-hydrogen) atoms. The number of rotatable bonds is 6. The Labute approximate surface area is 133 Å². The van der Waals surface area contributed by atoms with Crippen LogP contribution in [0.4, 0.5) is 0 Å². The Morgan fingerprint density at radius 1 is 1.00 bits per heavy atom. The van der Waals surface area contributed by atoms with Crippen molar-refractivity contribution in [2.24, 2.45) is 0 Å². The van der Waals surface area contributed by atoms with Gasteiger partial charge in [0.25, 0.3) is 0 Å². The predicted octanol–water partition coefficient (Wildman–Crippen LogP) is 3.11. The first kappa shape index (κ1) is 16.5. The van der Waals surface area contributed by atoms with E-state index in [-0.39, 0.29) is 30.1 Å². The number of benzene rings is 1. The zero-order valence-electron chi connectivity index (χ0n) is 12.8. The highest BCUT2D eigenvalue weighted by Gasteiger charge is 2.16. The molecule has 2 rings (SSSR count). The molecule has 6 heteroatoms. The van der Waals surface area contributed by atoms with Crippen molar-refractivity contribution < 1.29 is 28.3 Å². The predicted molar refractivity (Wildman–Crippen MR) is 81.4 cm³/mol. The third-order valence-corrected chi connectivity index (χ3v) is 2.98. The highest BCUT2D eigenvalue weighted by molar-refractivity contribution is 5.97. The van der Waals surface area contributed by atoms with E-state index >= 15 is 0 Å². The van der Waals surface area contributed by atoms with E-state index in [4.69, 9.17) is 13.9 Å². The van der Waals surface area contributed by atoms with Crippen LogP contribution in [0.15, 0.2) is 34.7 Å². The quantitative estimate of drug-likeness (QED) is 0.601. The number of esters is 2. The number of carbonyl (C=O) groups excluding carboxylic acids is 3. The van der Waals surface area contributed by atoms with Gasteiger partial charge in [0, 0.05) is 5.56 Å². The summed E-state index contributed by atoms with van der Waals surface area (Å²) in [5, 5.41) is 0. The number of ether oxygens (including phenoxy) is 2. The molecule has 0 N–H and O–H groups in total. The largest absolute Gasteiger partial charge is 0.462 e. The van der Waals surface area contributed by atoms with Crippen molar-refractivity contribution in [1.29, 1.82) is 0 Å². The number of carbonyl (C=O) groups is 3. The minimum Gasteiger partial charge on any atom is -0.462 e. The van der Waals surface area contributed by atoms with Crippen molar-refractivity contribution in [1.82, 2.24) is 0 Å². The fourth-order valence-corrected chi connectivity index (χ4v) is 2.01. The van der Waals surface area contributed by atoms with Crippen LogP contribution >= 0.6 is 0 Å². The van der Waals surface area contributed by atoms with E-state index in [1.54, 1.807) is 19.9 Å². The number of aldehydes is 1. The molecular weight excluding hydrogens is 300 g/mol. The van der Waals surface area contributed by atoms with Crippen LogP contribution in [0.2, 0.25) is 0 Å². The zero-order valence-corrected chi connectivity index (χ0v) is 12.8. The molecule has 1 heterocycles. The zero-order chi connectivity index (χ0) is 16.8. The second-order valence-electron chi connectivity index (χ2n) is 4.56. The van der Waals surface area contributed by atoms with Gasteiger partial charge in [0.15, 0.2) is 12.0 Å². The number of hydrogen-bond donors (Lipinski definition) is 0. The van der Waals surface area contributed by atoms with Crippen LogP contribution in [0, 0.1) is 0 Å². The van der Waals surface area contributed by atoms with Crippen LogP contribution in [-0.2, 0) is 9.47 Å². The standard InChI is InChI=1S/C17H16O6/c1-3-21-16(19)12-7-11(15-6-5-14(10-18)23-15)8-13(9-12)17(20)22-4-2/h5-10H,3-4H2,1-2H3. The van der Waals surface area contributed by atoms with Crippen molar-refractivity contribution in [2.75, 3.05) is 13.2 Å². The van der Waals surface area contributed by atoms with Gasteiger partial charge in [0.2, 0.25) is 0 Å². The van der Waals surface area contributed by atoms with E-state index in [2.05, 4.69) is 0 Å². The SMILES string of the molecule is CCOC(=O)c1cc(C(=O)OCC)cc(-c2ccc(C=O)o2)c1. The summed E-state index contributed by atoms with van der Waals surface area (Å²) in [6.45, 7) is 3.81. The molecule has 0 radical (unpaired) electrons. The Hall–Kier alpha value is -2.89. The average molecular weight is 316 g/mol. The Balaban J connectivity index is 2.49. The highest BCUT2D eigenvalue weighted by atomic mass is 16.5. The van der Waals surface area contributed by atoms with Crippen molar-refractivity contribution in [3.63, 3.8) is 0 Å². The molecule has 0 aliphatic carbocycles. The van der Waals surface area contributed by atoms with Gasteiger partial charge in [-0.1, -0.05) is 0 Å². The molecule has 120 valence electrons. The maximum Gasteiger partial charge on any atom is 0.338 e. The van der Waals surface area contributed by atoms with Crippen LogP contribution in [0.1, 0.15) is 45.1 Å². The molecule has 0 bridgehead atoms. The summed E-state index contributed by atoms with van der Waals surface area (Å²) in [5.74, 6) is -0.591. The van der Waals surface area contributed by atoms with Crippen molar-refractivity contribution >= 4 is 18.2 Å². The average Bonchev–Trinajstić information content (AvgIpc) is 3.04. The Morgan fingerprint density at radius 3 is 2.00 bits per heavy atom. The molecule has 0 saturated carbocycles. The summed E-state index contributed by atoms with van der Waals surface area (Å²) in [6.07, 6.45) is 0.574. The lowest BCUT2D eigenvalue weighted by Crippen LogP contribution is -2.09. The van der Waals surface area contributed by atoms with Gasteiger partial charge in [0.1, 0.15) is 5.76 Å². The molecule has 0 fully saturated rings. The van der Waals surface area contributed by atoms with Gasteiger partial charge in [-0.3, -0.25) is 4.79 Å². The third kappa shape index (κ3) is 3.85. The molecule has 0 unspecified atom stereocenters. The first-order valence-electron chi connectivity index (χ1n) is 7.13. The second kappa shape index (κ2) is 7.40. The lowest BCUT2D eigenvalue weighted by Gasteiger charge is -2.08. The second-order valence-corrected chi connectivity index (χ2v) is 4.56. The fraction of sp³-hybridized carbons (Fsp3) is 0.235. The molecule has 1 aromatic carbocycles. The molecule has 0 amide bonds. The van der Waals surface area contributed by atoms with E-state index in [1.165, 1.54) is 24.3 Å². The summed E-state index contributed by atoms with van der Waals surface area (Å²) in [5.41, 5.74) is 0.889. The van der Waals surface area contributed by atoms with E-state index in [1.807, 2.05) is 0 Å². The molecule has 2 aromatic rings. The first-order valence-corrected chi connectivity index (χ1v) is 7.13. The summed E-state index contributed by atoms with van der Waals surface area (Å²) in [4.78, 5) is 34.7. The smallest absolute Gasteiger partial charge is 0.338 e. The minimum atomic E-state index is -0.554. The lowest BCUT2D eigenvalue weighted by molar-refractivity contribution is 0.0525. The Kier molecular flexibility index (Phi) is 5.30. The topological polar surface area (TPSA) is 82.8 Å². The van der Waals surface area contributed by atoms with Gasteiger partial charge >= 0.3 is 11.9 Å². The summed E-state index contributed by atoms with van der Waals surface area (Å²) in [7, 11) is 0. The molecule has 0 aliphatic rings. The molecule has 1 aromatic heterocycles. The van der Waals surface area contributed by atoms with Gasteiger partial charge in [0.05, 0.1) is 24.3 Å². The normalized spacial score (nSPS) is 10.2. The summed E-state index contributed by atoms with van der Waals surface area (Å²) >= 11 is 0. The molecule has 0 atom stereocenters. The maximum absolute atomic E-state index is 12.0. The Bertz CT molecular complexity index is 692. The fourth-order valence-electron chi connectivity index (χ4n) is 2.01. The third-order valence-electron chi connectivity index (χ3n) is 2.98. The highest BCUT2D eigenvalue weighted by Crippen LogP contribution is 2.25. The van der Waals surface area contributed by atoms with Crippen LogP contribution in [0.3, 0.4) is 0 Å². The summed E-state index contributed by atoms with van der Waals surface area (Å²) in [6, 6.07) is 7.57. The van der Waals surface area contributed by atoms with Crippen LogP contribution < -0.4 is 0 Å². The Morgan fingerprint density at radius 2 is 1.57 bits per heavy atom. The van der Waals surface area contributed by atoms with E-state index in [0.29, 0.717) is 17.6 Å². The molecular formula is C17H16O6. The number of hydrogen-bond acceptors (Lipinski definition) is 6. The lowest BCUT2D eigenvalue weighted by atomic mass is 10.0. The molecule has 0 saturated heterocycles. The molecule has 0 spiro atoms. The maximum atomic E-state index is 12.0. The van der Waals surface area contributed by atoms with Crippen LogP contribution in [0.5, 0.6) is 0 Å². The monoisotopic (exact) mass is 316 g/mol. The molecule has 0 aliphatic heterocycles.